The van der Waals surface area contributed by atoms with E-state index in [1.165, 1.54) is 25.7 Å². The molecule has 2 rings (SSSR count). The number of nitrogens with one attached hydrogen (secondary N) is 1. The number of carbonyl (C=O) groups is 1. The summed E-state index contributed by atoms with van der Waals surface area (Å²) in [5, 5.41) is 3.40. The van der Waals surface area contributed by atoms with E-state index >= 15 is 0 Å². The molecule has 0 aliphatic heterocycles. The first-order chi connectivity index (χ1) is 9.36. The molecule has 1 saturated carbocycles. The summed E-state index contributed by atoms with van der Waals surface area (Å²) < 4.78 is 0. The van der Waals surface area contributed by atoms with Crippen molar-refractivity contribution in [2.75, 3.05) is 6.54 Å². The summed E-state index contributed by atoms with van der Waals surface area (Å²) in [6.45, 7) is 6.95. The zero-order chi connectivity index (χ0) is 14.8. The third kappa shape index (κ3) is 3.95. The van der Waals surface area contributed by atoms with Gasteiger partial charge in [-0.25, -0.2) is 4.98 Å². The maximum Gasteiger partial charge on any atom is 0.251 e. The second-order valence-corrected chi connectivity index (χ2v) is 7.06. The molecule has 110 valence electrons. The highest BCUT2D eigenvalue weighted by Gasteiger charge is 2.20. The highest BCUT2D eigenvalue weighted by atomic mass is 35.5. The zero-order valence-corrected chi connectivity index (χ0v) is 13.3. The molecule has 0 spiro atoms. The second-order valence-electron chi connectivity index (χ2n) is 6.67. The van der Waals surface area contributed by atoms with Gasteiger partial charge in [0.1, 0.15) is 5.15 Å². The van der Waals surface area contributed by atoms with Crippen molar-refractivity contribution in [3.63, 3.8) is 0 Å². The summed E-state index contributed by atoms with van der Waals surface area (Å²) in [5.74, 6) is 0.588. The maximum absolute atomic E-state index is 12.2. The molecule has 0 aromatic carbocycles. The van der Waals surface area contributed by atoms with Crippen LogP contribution in [0, 0.1) is 5.92 Å². The second kappa shape index (κ2) is 6.13. The van der Waals surface area contributed by atoms with Crippen LogP contribution in [-0.4, -0.2) is 17.4 Å². The van der Waals surface area contributed by atoms with E-state index < -0.39 is 0 Å². The Hall–Kier alpha value is -1.09. The molecule has 1 aromatic heterocycles. The van der Waals surface area contributed by atoms with Crippen molar-refractivity contribution in [1.82, 2.24) is 10.3 Å². The smallest absolute Gasteiger partial charge is 0.251 e. The van der Waals surface area contributed by atoms with Gasteiger partial charge in [0, 0.05) is 23.2 Å². The summed E-state index contributed by atoms with van der Waals surface area (Å²) in [6.07, 6.45) is 5.03. The van der Waals surface area contributed by atoms with Gasteiger partial charge >= 0.3 is 0 Å². The van der Waals surface area contributed by atoms with Gasteiger partial charge in [-0.3, -0.25) is 4.79 Å². The molecule has 0 radical (unpaired) electrons. The van der Waals surface area contributed by atoms with Gasteiger partial charge in [0.15, 0.2) is 0 Å². The lowest BCUT2D eigenvalue weighted by atomic mass is 9.91. The van der Waals surface area contributed by atoms with Crippen LogP contribution in [0.3, 0.4) is 0 Å². The van der Waals surface area contributed by atoms with Crippen LogP contribution in [0.15, 0.2) is 12.1 Å². The number of rotatable bonds is 3. The van der Waals surface area contributed by atoms with Crippen molar-refractivity contribution in [2.24, 2.45) is 5.92 Å². The number of amides is 1. The summed E-state index contributed by atoms with van der Waals surface area (Å²) >= 11 is 6.04. The predicted molar refractivity (Wildman–Crippen MR) is 82.2 cm³/mol. The van der Waals surface area contributed by atoms with E-state index in [1.54, 1.807) is 6.07 Å². The summed E-state index contributed by atoms with van der Waals surface area (Å²) in [6, 6.07) is 3.48. The topological polar surface area (TPSA) is 42.0 Å². The maximum atomic E-state index is 12.2. The molecule has 1 aliphatic rings. The lowest BCUT2D eigenvalue weighted by Gasteiger charge is -2.19. The molecule has 3 nitrogen and oxygen atoms in total. The van der Waals surface area contributed by atoms with Gasteiger partial charge in [0.25, 0.3) is 5.91 Å². The lowest BCUT2D eigenvalue weighted by Crippen LogP contribution is -2.29. The Labute approximate surface area is 126 Å². The molecular weight excluding hydrogens is 272 g/mol. The first-order valence-electron chi connectivity index (χ1n) is 7.32. The number of hydrogen-bond donors (Lipinski definition) is 1. The van der Waals surface area contributed by atoms with Crippen LogP contribution >= 0.6 is 11.6 Å². The molecule has 0 atom stereocenters. The molecule has 1 aliphatic carbocycles. The molecule has 1 N–H and O–H groups in total. The minimum atomic E-state index is -0.120. The fourth-order valence-electron chi connectivity index (χ4n) is 2.57. The van der Waals surface area contributed by atoms with Crippen molar-refractivity contribution in [2.45, 2.75) is 51.9 Å². The fraction of sp³-hybridized carbons (Fsp3) is 0.625. The summed E-state index contributed by atoms with van der Waals surface area (Å²) in [4.78, 5) is 16.5. The van der Waals surface area contributed by atoms with Crippen LogP contribution in [0.4, 0.5) is 0 Å². The van der Waals surface area contributed by atoms with Crippen molar-refractivity contribution in [1.29, 1.82) is 0 Å². The van der Waals surface area contributed by atoms with Crippen molar-refractivity contribution in [3.8, 4) is 0 Å². The number of hydrogen-bond acceptors (Lipinski definition) is 2. The third-order valence-corrected chi connectivity index (χ3v) is 4.04. The lowest BCUT2D eigenvalue weighted by molar-refractivity contribution is 0.0947. The van der Waals surface area contributed by atoms with Crippen molar-refractivity contribution in [3.05, 3.63) is 28.5 Å². The van der Waals surface area contributed by atoms with E-state index in [1.807, 2.05) is 6.07 Å². The van der Waals surface area contributed by atoms with Crippen LogP contribution in [0.5, 0.6) is 0 Å². The highest BCUT2D eigenvalue weighted by molar-refractivity contribution is 6.29. The zero-order valence-electron chi connectivity index (χ0n) is 12.5. The Morgan fingerprint density at radius 2 is 2.00 bits per heavy atom. The molecule has 0 unspecified atom stereocenters. The van der Waals surface area contributed by atoms with Crippen molar-refractivity contribution >= 4 is 17.5 Å². The van der Waals surface area contributed by atoms with E-state index in [9.17, 15) is 4.79 Å². The Balaban J connectivity index is 2.07. The van der Waals surface area contributed by atoms with Gasteiger partial charge in [0.05, 0.1) is 0 Å². The van der Waals surface area contributed by atoms with Crippen LogP contribution < -0.4 is 5.32 Å². The molecule has 1 fully saturated rings. The monoisotopic (exact) mass is 294 g/mol. The van der Waals surface area contributed by atoms with E-state index in [-0.39, 0.29) is 11.3 Å². The first kappa shape index (κ1) is 15.3. The first-order valence-corrected chi connectivity index (χ1v) is 7.70. The Bertz CT molecular complexity index is 488. The normalized spacial score (nSPS) is 16.4. The van der Waals surface area contributed by atoms with Gasteiger partial charge in [-0.2, -0.15) is 0 Å². The van der Waals surface area contributed by atoms with E-state index in [0.29, 0.717) is 16.6 Å². The van der Waals surface area contributed by atoms with E-state index in [4.69, 9.17) is 11.6 Å². The predicted octanol–water partition coefficient (Wildman–Crippen LogP) is 3.95. The van der Waals surface area contributed by atoms with Crippen LogP contribution in [-0.2, 0) is 5.41 Å². The number of nitrogens with zero attached hydrogens (tertiary/aromatic N) is 1. The van der Waals surface area contributed by atoms with E-state index in [2.05, 4.69) is 31.1 Å². The minimum Gasteiger partial charge on any atom is -0.352 e. The molecule has 0 bridgehead atoms. The molecule has 4 heteroatoms. The van der Waals surface area contributed by atoms with Gasteiger partial charge in [-0.15, -0.1) is 0 Å². The SMILES string of the molecule is CC(C)(C)c1cc(C(=O)NCC2CCCC2)cc(Cl)n1. The quantitative estimate of drug-likeness (QED) is 0.858. The molecule has 0 saturated heterocycles. The highest BCUT2D eigenvalue weighted by Crippen LogP contribution is 2.25. The molecule has 1 amide bonds. The number of halogens is 1. The Morgan fingerprint density at radius 3 is 2.60 bits per heavy atom. The average molecular weight is 295 g/mol. The third-order valence-electron chi connectivity index (χ3n) is 3.85. The van der Waals surface area contributed by atoms with Gasteiger partial charge in [-0.1, -0.05) is 45.2 Å². The molecule has 1 aromatic rings. The van der Waals surface area contributed by atoms with Crippen molar-refractivity contribution < 1.29 is 4.79 Å². The average Bonchev–Trinajstić information content (AvgIpc) is 2.87. The number of pyridine rings is 1. The number of carbonyl (C=O) groups excluding carboxylic acids is 1. The van der Waals surface area contributed by atoms with Gasteiger partial charge < -0.3 is 5.32 Å². The van der Waals surface area contributed by atoms with Crippen LogP contribution in [0.1, 0.15) is 62.5 Å². The number of aromatic nitrogens is 1. The largest absolute Gasteiger partial charge is 0.352 e. The molecular formula is C16H23ClN2O. The van der Waals surface area contributed by atoms with Gasteiger partial charge in [-0.05, 0) is 30.9 Å². The Kier molecular flexibility index (Phi) is 4.69. The fourth-order valence-corrected chi connectivity index (χ4v) is 2.77. The standard InChI is InChI=1S/C16H23ClN2O/c1-16(2,3)13-8-12(9-14(17)19-13)15(20)18-10-11-6-4-5-7-11/h8-9,11H,4-7,10H2,1-3H3,(H,18,20). The summed E-state index contributed by atoms with van der Waals surface area (Å²) in [7, 11) is 0. The summed E-state index contributed by atoms with van der Waals surface area (Å²) in [5.41, 5.74) is 1.33. The van der Waals surface area contributed by atoms with Gasteiger partial charge in [0.2, 0.25) is 0 Å². The van der Waals surface area contributed by atoms with Crippen LogP contribution in [0.25, 0.3) is 0 Å². The van der Waals surface area contributed by atoms with E-state index in [0.717, 1.165) is 12.2 Å². The Morgan fingerprint density at radius 1 is 1.35 bits per heavy atom. The molecule has 1 heterocycles. The molecule has 20 heavy (non-hydrogen) atoms. The van der Waals surface area contributed by atoms with Crippen LogP contribution in [0.2, 0.25) is 5.15 Å². The minimum absolute atomic E-state index is 0.0494.